The van der Waals surface area contributed by atoms with E-state index in [1.54, 1.807) is 0 Å². The molecule has 1 N–H and O–H groups in total. The van der Waals surface area contributed by atoms with Gasteiger partial charge in [-0.25, -0.2) is 0 Å². The van der Waals surface area contributed by atoms with E-state index in [1.807, 2.05) is 43.1 Å². The van der Waals surface area contributed by atoms with Crippen molar-refractivity contribution in [3.8, 4) is 0 Å². The zero-order valence-electron chi connectivity index (χ0n) is 9.16. The summed E-state index contributed by atoms with van der Waals surface area (Å²) in [4.78, 5) is 13.9. The predicted octanol–water partition coefficient (Wildman–Crippen LogP) is 1.04. The second kappa shape index (κ2) is 4.03. The number of rotatable bonds is 2. The minimum absolute atomic E-state index is 0.125. The van der Waals surface area contributed by atoms with Crippen LogP contribution in [0, 0.1) is 6.92 Å². The molecule has 15 heavy (non-hydrogen) atoms. The molecule has 0 saturated carbocycles. The van der Waals surface area contributed by atoms with Crippen molar-refractivity contribution in [3.63, 3.8) is 0 Å². The van der Waals surface area contributed by atoms with Crippen LogP contribution >= 0.6 is 0 Å². The van der Waals surface area contributed by atoms with Gasteiger partial charge in [0.1, 0.15) is 0 Å². The van der Waals surface area contributed by atoms with Crippen molar-refractivity contribution in [2.45, 2.75) is 13.0 Å². The lowest BCUT2D eigenvalue weighted by Crippen LogP contribution is -2.57. The molecule has 1 fully saturated rings. The van der Waals surface area contributed by atoms with Crippen LogP contribution in [0.1, 0.15) is 15.9 Å². The van der Waals surface area contributed by atoms with E-state index in [0.29, 0.717) is 6.04 Å². The molecule has 0 aliphatic carbocycles. The molecule has 1 heterocycles. The Morgan fingerprint density at radius 2 is 2.07 bits per heavy atom. The minimum Gasteiger partial charge on any atom is -0.336 e. The van der Waals surface area contributed by atoms with Gasteiger partial charge in [-0.3, -0.25) is 4.79 Å². The maximum absolute atomic E-state index is 12.1. The Morgan fingerprint density at radius 1 is 1.40 bits per heavy atom. The van der Waals surface area contributed by atoms with Crippen molar-refractivity contribution in [2.75, 3.05) is 20.1 Å². The van der Waals surface area contributed by atoms with Crippen LogP contribution < -0.4 is 5.32 Å². The Bertz CT molecular complexity index is 372. The van der Waals surface area contributed by atoms with E-state index in [-0.39, 0.29) is 5.91 Å². The molecule has 1 amide bonds. The molecule has 1 aliphatic heterocycles. The molecule has 0 spiro atoms. The molecule has 0 radical (unpaired) electrons. The first-order valence-corrected chi connectivity index (χ1v) is 5.23. The van der Waals surface area contributed by atoms with Crippen LogP contribution in [0.4, 0.5) is 0 Å². The minimum atomic E-state index is 0.125. The van der Waals surface area contributed by atoms with Crippen molar-refractivity contribution < 1.29 is 4.79 Å². The number of carbonyl (C=O) groups is 1. The normalized spacial score (nSPS) is 15.9. The van der Waals surface area contributed by atoms with Crippen LogP contribution in [0.3, 0.4) is 0 Å². The summed E-state index contributed by atoms with van der Waals surface area (Å²) in [6.07, 6.45) is 0. The van der Waals surface area contributed by atoms with Gasteiger partial charge in [-0.1, -0.05) is 18.2 Å². The fourth-order valence-electron chi connectivity index (χ4n) is 1.72. The van der Waals surface area contributed by atoms with E-state index in [2.05, 4.69) is 5.32 Å². The third-order valence-corrected chi connectivity index (χ3v) is 3.00. The highest BCUT2D eigenvalue weighted by atomic mass is 16.2. The number of benzene rings is 1. The summed E-state index contributed by atoms with van der Waals surface area (Å²) in [5, 5.41) is 3.17. The molecule has 80 valence electrons. The van der Waals surface area contributed by atoms with Gasteiger partial charge in [0.25, 0.3) is 5.91 Å². The Hall–Kier alpha value is -1.35. The number of amides is 1. The summed E-state index contributed by atoms with van der Waals surface area (Å²) in [6.45, 7) is 3.79. The first-order chi connectivity index (χ1) is 7.20. The maximum Gasteiger partial charge on any atom is 0.254 e. The SMILES string of the molecule is Cc1ccccc1C(=O)N(C)C1CNC1. The summed E-state index contributed by atoms with van der Waals surface area (Å²) in [7, 11) is 1.88. The highest BCUT2D eigenvalue weighted by Crippen LogP contribution is 2.12. The Morgan fingerprint density at radius 3 is 2.60 bits per heavy atom. The molecule has 1 aliphatic rings. The van der Waals surface area contributed by atoms with Crippen molar-refractivity contribution in [1.82, 2.24) is 10.2 Å². The first-order valence-electron chi connectivity index (χ1n) is 5.23. The molecule has 1 saturated heterocycles. The number of nitrogens with zero attached hydrogens (tertiary/aromatic N) is 1. The van der Waals surface area contributed by atoms with Gasteiger partial charge in [0, 0.05) is 25.7 Å². The molecule has 2 rings (SSSR count). The Labute approximate surface area is 90.1 Å². The van der Waals surface area contributed by atoms with Gasteiger partial charge in [-0.2, -0.15) is 0 Å². The Balaban J connectivity index is 2.16. The van der Waals surface area contributed by atoms with Gasteiger partial charge >= 0.3 is 0 Å². The first kappa shape index (κ1) is 10.2. The number of carbonyl (C=O) groups excluding carboxylic acids is 1. The monoisotopic (exact) mass is 204 g/mol. The van der Waals surface area contributed by atoms with E-state index in [0.717, 1.165) is 24.2 Å². The number of hydrogen-bond donors (Lipinski definition) is 1. The van der Waals surface area contributed by atoms with Gasteiger partial charge in [0.15, 0.2) is 0 Å². The second-order valence-electron chi connectivity index (χ2n) is 4.04. The number of hydrogen-bond acceptors (Lipinski definition) is 2. The van der Waals surface area contributed by atoms with Gasteiger partial charge in [0.2, 0.25) is 0 Å². The summed E-state index contributed by atoms with van der Waals surface area (Å²) < 4.78 is 0. The van der Waals surface area contributed by atoms with Gasteiger partial charge in [-0.15, -0.1) is 0 Å². The summed E-state index contributed by atoms with van der Waals surface area (Å²) in [6, 6.07) is 8.09. The van der Waals surface area contributed by atoms with E-state index < -0.39 is 0 Å². The van der Waals surface area contributed by atoms with Crippen LogP contribution in [-0.2, 0) is 0 Å². The Kier molecular flexibility index (Phi) is 2.73. The van der Waals surface area contributed by atoms with Crippen LogP contribution in [-0.4, -0.2) is 37.0 Å². The molecule has 1 aromatic rings. The van der Waals surface area contributed by atoms with Crippen molar-refractivity contribution in [1.29, 1.82) is 0 Å². The molecular formula is C12H16N2O. The van der Waals surface area contributed by atoms with Gasteiger partial charge in [0.05, 0.1) is 6.04 Å². The largest absolute Gasteiger partial charge is 0.336 e. The van der Waals surface area contributed by atoms with Crippen LogP contribution in [0.25, 0.3) is 0 Å². The van der Waals surface area contributed by atoms with Crippen LogP contribution in [0.2, 0.25) is 0 Å². The number of nitrogens with one attached hydrogen (secondary N) is 1. The van der Waals surface area contributed by atoms with Gasteiger partial charge in [-0.05, 0) is 18.6 Å². The van der Waals surface area contributed by atoms with Crippen molar-refractivity contribution >= 4 is 5.91 Å². The molecule has 0 bridgehead atoms. The van der Waals surface area contributed by atoms with E-state index in [1.165, 1.54) is 0 Å². The summed E-state index contributed by atoms with van der Waals surface area (Å²) in [5.41, 5.74) is 1.86. The molecule has 0 aromatic heterocycles. The van der Waals surface area contributed by atoms with E-state index in [4.69, 9.17) is 0 Å². The van der Waals surface area contributed by atoms with E-state index in [9.17, 15) is 4.79 Å². The number of aryl methyl sites for hydroxylation is 1. The third kappa shape index (κ3) is 1.88. The maximum atomic E-state index is 12.1. The quantitative estimate of drug-likeness (QED) is 0.780. The second-order valence-corrected chi connectivity index (χ2v) is 4.04. The molecular weight excluding hydrogens is 188 g/mol. The lowest BCUT2D eigenvalue weighted by atomic mass is 10.1. The van der Waals surface area contributed by atoms with E-state index >= 15 is 0 Å². The third-order valence-electron chi connectivity index (χ3n) is 3.00. The number of likely N-dealkylation sites (N-methyl/N-ethyl adjacent to an activating group) is 1. The molecule has 3 heteroatoms. The van der Waals surface area contributed by atoms with Gasteiger partial charge < -0.3 is 10.2 Å². The zero-order chi connectivity index (χ0) is 10.8. The summed E-state index contributed by atoms with van der Waals surface area (Å²) in [5.74, 6) is 0.125. The lowest BCUT2D eigenvalue weighted by Gasteiger charge is -2.35. The fraction of sp³-hybridized carbons (Fsp3) is 0.417. The van der Waals surface area contributed by atoms with Crippen LogP contribution in [0.15, 0.2) is 24.3 Å². The summed E-state index contributed by atoms with van der Waals surface area (Å²) >= 11 is 0. The highest BCUT2D eigenvalue weighted by Gasteiger charge is 2.26. The average Bonchev–Trinajstić information content (AvgIpc) is 2.15. The predicted molar refractivity (Wildman–Crippen MR) is 59.9 cm³/mol. The van der Waals surface area contributed by atoms with Crippen molar-refractivity contribution in [3.05, 3.63) is 35.4 Å². The standard InChI is InChI=1S/C12H16N2O/c1-9-5-3-4-6-11(9)12(15)14(2)10-7-13-8-10/h3-6,10,13H,7-8H2,1-2H3. The van der Waals surface area contributed by atoms with Crippen molar-refractivity contribution in [2.24, 2.45) is 0 Å². The smallest absolute Gasteiger partial charge is 0.254 e. The zero-order valence-corrected chi connectivity index (χ0v) is 9.16. The van der Waals surface area contributed by atoms with Crippen LogP contribution in [0.5, 0.6) is 0 Å². The molecule has 0 atom stereocenters. The fourth-order valence-corrected chi connectivity index (χ4v) is 1.72. The molecule has 1 aromatic carbocycles. The molecule has 0 unspecified atom stereocenters. The average molecular weight is 204 g/mol. The highest BCUT2D eigenvalue weighted by molar-refractivity contribution is 5.95. The lowest BCUT2D eigenvalue weighted by molar-refractivity contribution is 0.0680. The topological polar surface area (TPSA) is 32.3 Å². The molecule has 3 nitrogen and oxygen atoms in total.